The number of rotatable bonds is 1. The van der Waals surface area contributed by atoms with E-state index in [9.17, 15) is 9.18 Å². The number of hydrogen-bond donors (Lipinski definition) is 0. The second kappa shape index (κ2) is 6.09. The van der Waals surface area contributed by atoms with Crippen LogP contribution in [0.4, 0.5) is 4.39 Å². The van der Waals surface area contributed by atoms with Gasteiger partial charge in [0, 0.05) is 20.0 Å². The predicted molar refractivity (Wildman–Crippen MR) is 61.5 cm³/mol. The maximum atomic E-state index is 13.4. The quantitative estimate of drug-likeness (QED) is 0.661. The maximum absolute atomic E-state index is 13.4. The SMILES string of the molecule is CC.CN(C)C(=O)C1CCC(C)(F)CC1. The summed E-state index contributed by atoms with van der Waals surface area (Å²) >= 11 is 0. The van der Waals surface area contributed by atoms with Crippen LogP contribution >= 0.6 is 0 Å². The van der Waals surface area contributed by atoms with E-state index in [4.69, 9.17) is 0 Å². The number of amides is 1. The molecule has 2 nitrogen and oxygen atoms in total. The zero-order valence-corrected chi connectivity index (χ0v) is 10.6. The minimum atomic E-state index is -1.04. The highest BCUT2D eigenvalue weighted by molar-refractivity contribution is 5.78. The van der Waals surface area contributed by atoms with Gasteiger partial charge in [-0.15, -0.1) is 0 Å². The summed E-state index contributed by atoms with van der Waals surface area (Å²) in [5.41, 5.74) is -1.04. The lowest BCUT2D eigenvalue weighted by Crippen LogP contribution is -2.35. The fourth-order valence-corrected chi connectivity index (χ4v) is 1.83. The Morgan fingerprint density at radius 1 is 1.27 bits per heavy atom. The van der Waals surface area contributed by atoms with E-state index in [0.717, 1.165) is 0 Å². The monoisotopic (exact) mass is 217 g/mol. The lowest BCUT2D eigenvalue weighted by Gasteiger charge is -2.31. The van der Waals surface area contributed by atoms with Crippen molar-refractivity contribution in [2.75, 3.05) is 14.1 Å². The summed E-state index contributed by atoms with van der Waals surface area (Å²) in [6.45, 7) is 5.63. The Balaban J connectivity index is 0.000000921. The van der Waals surface area contributed by atoms with Crippen molar-refractivity contribution < 1.29 is 9.18 Å². The molecule has 90 valence electrons. The van der Waals surface area contributed by atoms with Crippen LogP contribution in [0.3, 0.4) is 0 Å². The normalized spacial score (nSPS) is 30.1. The van der Waals surface area contributed by atoms with Crippen LogP contribution in [0.15, 0.2) is 0 Å². The molecule has 1 aliphatic carbocycles. The van der Waals surface area contributed by atoms with Gasteiger partial charge in [-0.1, -0.05) is 13.8 Å². The second-order valence-electron chi connectivity index (χ2n) is 4.42. The molecule has 0 N–H and O–H groups in total. The molecule has 0 aliphatic heterocycles. The average molecular weight is 217 g/mol. The van der Waals surface area contributed by atoms with Crippen LogP contribution in [0.1, 0.15) is 46.5 Å². The van der Waals surface area contributed by atoms with E-state index in [1.54, 1.807) is 25.9 Å². The third-order valence-corrected chi connectivity index (χ3v) is 2.82. The van der Waals surface area contributed by atoms with E-state index in [-0.39, 0.29) is 11.8 Å². The Hall–Kier alpha value is -0.600. The first-order valence-corrected chi connectivity index (χ1v) is 5.82. The van der Waals surface area contributed by atoms with Gasteiger partial charge in [0.25, 0.3) is 0 Å². The molecule has 1 amide bonds. The predicted octanol–water partition coefficient (Wildman–Crippen LogP) is 3.02. The minimum absolute atomic E-state index is 0.0545. The van der Waals surface area contributed by atoms with Crippen molar-refractivity contribution in [3.63, 3.8) is 0 Å². The van der Waals surface area contributed by atoms with Crippen LogP contribution in [-0.4, -0.2) is 30.6 Å². The van der Waals surface area contributed by atoms with Crippen LogP contribution < -0.4 is 0 Å². The summed E-state index contributed by atoms with van der Waals surface area (Å²) in [4.78, 5) is 13.1. The van der Waals surface area contributed by atoms with E-state index in [1.165, 1.54) is 0 Å². The van der Waals surface area contributed by atoms with Gasteiger partial charge in [-0.2, -0.15) is 0 Å². The Morgan fingerprint density at radius 2 is 1.67 bits per heavy atom. The smallest absolute Gasteiger partial charge is 0.225 e. The van der Waals surface area contributed by atoms with Crippen LogP contribution in [0.25, 0.3) is 0 Å². The first-order valence-electron chi connectivity index (χ1n) is 5.82. The molecule has 1 rings (SSSR count). The van der Waals surface area contributed by atoms with Crippen LogP contribution in [-0.2, 0) is 4.79 Å². The van der Waals surface area contributed by atoms with Crippen molar-refractivity contribution >= 4 is 5.91 Å². The number of alkyl halides is 1. The number of nitrogens with zero attached hydrogens (tertiary/aromatic N) is 1. The van der Waals surface area contributed by atoms with Crippen molar-refractivity contribution in [3.05, 3.63) is 0 Å². The molecule has 0 aromatic rings. The molecule has 0 atom stereocenters. The fourth-order valence-electron chi connectivity index (χ4n) is 1.83. The Kier molecular flexibility index (Phi) is 5.84. The van der Waals surface area contributed by atoms with Gasteiger partial charge in [-0.3, -0.25) is 4.79 Å². The van der Waals surface area contributed by atoms with Gasteiger partial charge in [0.1, 0.15) is 5.67 Å². The zero-order valence-electron chi connectivity index (χ0n) is 10.6. The van der Waals surface area contributed by atoms with Crippen molar-refractivity contribution in [2.45, 2.75) is 52.1 Å². The Labute approximate surface area is 92.8 Å². The summed E-state index contributed by atoms with van der Waals surface area (Å²) in [5.74, 6) is 0.203. The molecule has 0 heterocycles. The lowest BCUT2D eigenvalue weighted by atomic mass is 9.80. The molecule has 0 unspecified atom stereocenters. The minimum Gasteiger partial charge on any atom is -0.349 e. The number of carbonyl (C=O) groups excluding carboxylic acids is 1. The van der Waals surface area contributed by atoms with Gasteiger partial charge < -0.3 is 4.90 Å². The van der Waals surface area contributed by atoms with E-state index in [1.807, 2.05) is 13.8 Å². The van der Waals surface area contributed by atoms with Gasteiger partial charge in [0.05, 0.1) is 0 Å². The number of carbonyl (C=O) groups is 1. The molecule has 1 aliphatic rings. The van der Waals surface area contributed by atoms with Crippen LogP contribution in [0.2, 0.25) is 0 Å². The highest BCUT2D eigenvalue weighted by Gasteiger charge is 2.34. The molecule has 3 heteroatoms. The lowest BCUT2D eigenvalue weighted by molar-refractivity contribution is -0.134. The molecule has 0 saturated heterocycles. The van der Waals surface area contributed by atoms with E-state index in [0.29, 0.717) is 25.7 Å². The molecular weight excluding hydrogens is 193 g/mol. The zero-order chi connectivity index (χ0) is 12.1. The fraction of sp³-hybridized carbons (Fsp3) is 0.917. The second-order valence-corrected chi connectivity index (χ2v) is 4.42. The molecule has 0 radical (unpaired) electrons. The first kappa shape index (κ1) is 14.4. The molecule has 1 fully saturated rings. The van der Waals surface area contributed by atoms with Gasteiger partial charge in [0.15, 0.2) is 0 Å². The summed E-state index contributed by atoms with van der Waals surface area (Å²) < 4.78 is 13.4. The van der Waals surface area contributed by atoms with Crippen molar-refractivity contribution in [3.8, 4) is 0 Å². The standard InChI is InChI=1S/C10H18FNO.C2H6/c1-10(11)6-4-8(5-7-10)9(13)12(2)3;1-2/h8H,4-7H2,1-3H3;1-2H3. The van der Waals surface area contributed by atoms with E-state index in [2.05, 4.69) is 0 Å². The first-order chi connectivity index (χ1) is 6.92. The summed E-state index contributed by atoms with van der Waals surface area (Å²) in [6, 6.07) is 0. The third-order valence-electron chi connectivity index (χ3n) is 2.82. The molecule has 0 bridgehead atoms. The van der Waals surface area contributed by atoms with Gasteiger partial charge in [-0.25, -0.2) is 4.39 Å². The van der Waals surface area contributed by atoms with Gasteiger partial charge >= 0.3 is 0 Å². The summed E-state index contributed by atoms with van der Waals surface area (Å²) in [7, 11) is 3.51. The van der Waals surface area contributed by atoms with E-state index < -0.39 is 5.67 Å². The average Bonchev–Trinajstić information content (AvgIpc) is 2.20. The van der Waals surface area contributed by atoms with E-state index >= 15 is 0 Å². The van der Waals surface area contributed by atoms with Crippen molar-refractivity contribution in [2.24, 2.45) is 5.92 Å². The highest BCUT2D eigenvalue weighted by atomic mass is 19.1. The topological polar surface area (TPSA) is 20.3 Å². The van der Waals surface area contributed by atoms with Crippen LogP contribution in [0, 0.1) is 5.92 Å². The van der Waals surface area contributed by atoms with Gasteiger partial charge in [0.2, 0.25) is 5.91 Å². The molecule has 15 heavy (non-hydrogen) atoms. The van der Waals surface area contributed by atoms with Gasteiger partial charge in [-0.05, 0) is 32.6 Å². The Bertz CT molecular complexity index is 192. The molecule has 1 saturated carbocycles. The molecular formula is C12H24FNO. The molecule has 0 aromatic heterocycles. The maximum Gasteiger partial charge on any atom is 0.225 e. The summed E-state index contributed by atoms with van der Waals surface area (Å²) in [5, 5.41) is 0. The van der Waals surface area contributed by atoms with Crippen molar-refractivity contribution in [1.29, 1.82) is 0 Å². The molecule has 0 aromatic carbocycles. The molecule has 0 spiro atoms. The Morgan fingerprint density at radius 3 is 2.00 bits per heavy atom. The number of hydrogen-bond acceptors (Lipinski definition) is 1. The summed E-state index contributed by atoms with van der Waals surface area (Å²) in [6.07, 6.45) is 2.45. The van der Waals surface area contributed by atoms with Crippen LogP contribution in [0.5, 0.6) is 0 Å². The largest absolute Gasteiger partial charge is 0.349 e. The highest BCUT2D eigenvalue weighted by Crippen LogP contribution is 2.35. The van der Waals surface area contributed by atoms with Crippen molar-refractivity contribution in [1.82, 2.24) is 4.90 Å². The third kappa shape index (κ3) is 4.63. The number of halogens is 1.